The zero-order chi connectivity index (χ0) is 14.8. The van der Waals surface area contributed by atoms with Crippen molar-refractivity contribution in [1.82, 2.24) is 9.80 Å². The van der Waals surface area contributed by atoms with Gasteiger partial charge in [0, 0.05) is 38.3 Å². The van der Waals surface area contributed by atoms with E-state index >= 15 is 0 Å². The molecule has 1 N–H and O–H groups in total. The highest BCUT2D eigenvalue weighted by atomic mass is 16.2. The first-order valence-electron chi connectivity index (χ1n) is 7.59. The van der Waals surface area contributed by atoms with Crippen LogP contribution in [-0.4, -0.2) is 54.3 Å². The molecule has 112 valence electrons. The third-order valence-corrected chi connectivity index (χ3v) is 4.46. The zero-order valence-corrected chi connectivity index (χ0v) is 12.3. The molecule has 0 aromatic heterocycles. The first kappa shape index (κ1) is 14.1. The summed E-state index contributed by atoms with van der Waals surface area (Å²) >= 11 is 0. The number of anilines is 1. The van der Waals surface area contributed by atoms with Crippen LogP contribution in [0.4, 0.5) is 5.69 Å². The van der Waals surface area contributed by atoms with Gasteiger partial charge in [-0.25, -0.2) is 0 Å². The van der Waals surface area contributed by atoms with Gasteiger partial charge in [0.05, 0.1) is 5.92 Å². The average molecular weight is 287 g/mol. The van der Waals surface area contributed by atoms with Crippen LogP contribution in [0.1, 0.15) is 24.8 Å². The van der Waals surface area contributed by atoms with Gasteiger partial charge in [-0.1, -0.05) is 25.1 Å². The number of nitrogens with one attached hydrogen (secondary N) is 1. The van der Waals surface area contributed by atoms with Crippen molar-refractivity contribution in [2.75, 3.05) is 38.0 Å². The molecule has 2 heterocycles. The van der Waals surface area contributed by atoms with Crippen molar-refractivity contribution in [3.63, 3.8) is 0 Å². The second kappa shape index (κ2) is 5.85. The third-order valence-electron chi connectivity index (χ3n) is 4.46. The van der Waals surface area contributed by atoms with Crippen LogP contribution in [0.2, 0.25) is 0 Å². The molecule has 0 saturated carbocycles. The number of hydrogen-bond donors (Lipinski definition) is 1. The zero-order valence-electron chi connectivity index (χ0n) is 12.3. The number of piperazine rings is 1. The number of amides is 2. The van der Waals surface area contributed by atoms with E-state index in [1.807, 2.05) is 29.2 Å². The molecule has 1 aromatic rings. The second-order valence-corrected chi connectivity index (χ2v) is 5.65. The lowest BCUT2D eigenvalue weighted by Crippen LogP contribution is -2.48. The van der Waals surface area contributed by atoms with E-state index in [0.29, 0.717) is 0 Å². The van der Waals surface area contributed by atoms with Crippen molar-refractivity contribution in [3.8, 4) is 0 Å². The number of hydrogen-bond acceptors (Lipinski definition) is 3. The third kappa shape index (κ3) is 2.78. The number of para-hydroxylation sites is 1. The summed E-state index contributed by atoms with van der Waals surface area (Å²) in [6.45, 7) is 6.55. The summed E-state index contributed by atoms with van der Waals surface area (Å²) in [7, 11) is 0. The highest BCUT2D eigenvalue weighted by Crippen LogP contribution is 2.34. The Balaban J connectivity index is 1.64. The fourth-order valence-corrected chi connectivity index (χ4v) is 3.10. The van der Waals surface area contributed by atoms with Crippen LogP contribution in [-0.2, 0) is 9.59 Å². The van der Waals surface area contributed by atoms with Gasteiger partial charge in [0.15, 0.2) is 0 Å². The maximum absolute atomic E-state index is 12.4. The van der Waals surface area contributed by atoms with Crippen LogP contribution < -0.4 is 5.32 Å². The maximum Gasteiger partial charge on any atom is 0.232 e. The molecule has 0 aliphatic carbocycles. The summed E-state index contributed by atoms with van der Waals surface area (Å²) < 4.78 is 0. The molecule has 3 rings (SSSR count). The van der Waals surface area contributed by atoms with E-state index in [1.54, 1.807) is 0 Å². The topological polar surface area (TPSA) is 52.7 Å². The number of carbonyl (C=O) groups excluding carboxylic acids is 2. The molecule has 0 spiro atoms. The molecular formula is C16H21N3O2. The van der Waals surface area contributed by atoms with E-state index in [1.165, 1.54) is 0 Å². The van der Waals surface area contributed by atoms with E-state index in [9.17, 15) is 9.59 Å². The Kier molecular flexibility index (Phi) is 3.92. The molecule has 1 atom stereocenters. The highest BCUT2D eigenvalue weighted by Gasteiger charge is 2.33. The lowest BCUT2D eigenvalue weighted by atomic mass is 9.96. The quantitative estimate of drug-likeness (QED) is 0.911. The van der Waals surface area contributed by atoms with E-state index < -0.39 is 0 Å². The number of likely N-dealkylation sites (N-methyl/N-ethyl adjacent to an activating group) is 1. The molecule has 5 nitrogen and oxygen atoms in total. The molecule has 2 amide bonds. The first-order chi connectivity index (χ1) is 10.2. The van der Waals surface area contributed by atoms with Crippen LogP contribution in [0, 0.1) is 0 Å². The highest BCUT2D eigenvalue weighted by molar-refractivity contribution is 6.04. The van der Waals surface area contributed by atoms with Crippen molar-refractivity contribution in [3.05, 3.63) is 29.8 Å². The van der Waals surface area contributed by atoms with Crippen molar-refractivity contribution in [2.24, 2.45) is 0 Å². The summed E-state index contributed by atoms with van der Waals surface area (Å²) in [4.78, 5) is 28.7. The number of benzene rings is 1. The van der Waals surface area contributed by atoms with Gasteiger partial charge in [-0.2, -0.15) is 0 Å². The van der Waals surface area contributed by atoms with Gasteiger partial charge in [0.1, 0.15) is 0 Å². The molecule has 2 aliphatic rings. The van der Waals surface area contributed by atoms with E-state index in [2.05, 4.69) is 17.1 Å². The van der Waals surface area contributed by atoms with E-state index in [0.717, 1.165) is 44.0 Å². The summed E-state index contributed by atoms with van der Waals surface area (Å²) in [6.07, 6.45) is 0.273. The molecule has 0 bridgehead atoms. The molecule has 2 aliphatic heterocycles. The molecule has 21 heavy (non-hydrogen) atoms. The fraction of sp³-hybridized carbons (Fsp3) is 0.500. The molecule has 1 unspecified atom stereocenters. The van der Waals surface area contributed by atoms with Crippen molar-refractivity contribution < 1.29 is 9.59 Å². The van der Waals surface area contributed by atoms with Crippen LogP contribution in [0.15, 0.2) is 24.3 Å². The van der Waals surface area contributed by atoms with Gasteiger partial charge in [-0.15, -0.1) is 0 Å². The van der Waals surface area contributed by atoms with Gasteiger partial charge in [-0.3, -0.25) is 9.59 Å². The van der Waals surface area contributed by atoms with Crippen LogP contribution in [0.5, 0.6) is 0 Å². The number of carbonyl (C=O) groups is 2. The van der Waals surface area contributed by atoms with Crippen molar-refractivity contribution in [1.29, 1.82) is 0 Å². The van der Waals surface area contributed by atoms with E-state index in [-0.39, 0.29) is 24.2 Å². The lowest BCUT2D eigenvalue weighted by Gasteiger charge is -2.34. The minimum Gasteiger partial charge on any atom is -0.340 e. The fourth-order valence-electron chi connectivity index (χ4n) is 3.10. The Morgan fingerprint density at radius 1 is 1.24 bits per heavy atom. The molecule has 1 saturated heterocycles. The molecule has 0 radical (unpaired) electrons. The molecule has 1 fully saturated rings. The summed E-state index contributed by atoms with van der Waals surface area (Å²) in [5.41, 5.74) is 1.79. The van der Waals surface area contributed by atoms with Gasteiger partial charge in [-0.05, 0) is 18.2 Å². The molecular weight excluding hydrogens is 266 g/mol. The molecule has 5 heteroatoms. The summed E-state index contributed by atoms with van der Waals surface area (Å²) in [5.74, 6) is -0.308. The predicted octanol–water partition coefficient (Wildman–Crippen LogP) is 1.28. The largest absolute Gasteiger partial charge is 0.340 e. The van der Waals surface area contributed by atoms with Gasteiger partial charge >= 0.3 is 0 Å². The second-order valence-electron chi connectivity index (χ2n) is 5.65. The predicted molar refractivity (Wildman–Crippen MR) is 81.1 cm³/mol. The van der Waals surface area contributed by atoms with Gasteiger partial charge < -0.3 is 15.1 Å². The van der Waals surface area contributed by atoms with Crippen molar-refractivity contribution in [2.45, 2.75) is 19.3 Å². The minimum absolute atomic E-state index is 0.0586. The van der Waals surface area contributed by atoms with Crippen LogP contribution in [0.3, 0.4) is 0 Å². The smallest absolute Gasteiger partial charge is 0.232 e. The minimum atomic E-state index is -0.335. The first-order valence-corrected chi connectivity index (χ1v) is 7.59. The Bertz CT molecular complexity index is 550. The Labute approximate surface area is 124 Å². The van der Waals surface area contributed by atoms with Crippen LogP contribution in [0.25, 0.3) is 0 Å². The maximum atomic E-state index is 12.4. The Hall–Kier alpha value is -1.88. The number of rotatable bonds is 3. The Morgan fingerprint density at radius 3 is 2.67 bits per heavy atom. The van der Waals surface area contributed by atoms with Gasteiger partial charge in [0.25, 0.3) is 0 Å². The van der Waals surface area contributed by atoms with Crippen molar-refractivity contribution >= 4 is 17.5 Å². The summed E-state index contributed by atoms with van der Waals surface area (Å²) in [5, 5.41) is 2.85. The normalized spacial score (nSPS) is 22.0. The number of nitrogens with zero attached hydrogens (tertiary/aromatic N) is 2. The number of fused-ring (bicyclic) bond motifs is 1. The average Bonchev–Trinajstić information content (AvgIpc) is 2.83. The SMILES string of the molecule is CCN1CCN(C(=O)CC2C(=O)Nc3ccccc32)CC1. The lowest BCUT2D eigenvalue weighted by molar-refractivity contribution is -0.135. The Morgan fingerprint density at radius 2 is 1.95 bits per heavy atom. The standard InChI is InChI=1S/C16H21N3O2/c1-2-18-7-9-19(10-8-18)15(20)11-13-12-5-3-4-6-14(12)17-16(13)21/h3-6,13H,2,7-11H2,1H3,(H,17,21). The van der Waals surface area contributed by atoms with E-state index in [4.69, 9.17) is 0 Å². The van der Waals surface area contributed by atoms with Crippen LogP contribution >= 0.6 is 0 Å². The summed E-state index contributed by atoms with van der Waals surface area (Å²) in [6, 6.07) is 7.63. The van der Waals surface area contributed by atoms with Gasteiger partial charge in [0.2, 0.25) is 11.8 Å². The molecule has 1 aromatic carbocycles. The monoisotopic (exact) mass is 287 g/mol.